The summed E-state index contributed by atoms with van der Waals surface area (Å²) >= 11 is 0. The minimum Gasteiger partial charge on any atom is -0.493 e. The van der Waals surface area contributed by atoms with Crippen molar-refractivity contribution in [2.75, 3.05) is 38.4 Å². The first-order chi connectivity index (χ1) is 19.2. The molecule has 9 heteroatoms. The van der Waals surface area contributed by atoms with E-state index in [1.54, 1.807) is 24.4 Å². The SMILES string of the molecule is CCCCN(C(=O)CN1C[C@H](c2cc(OC)c3c(c2)OCO3)[C@@H](C(=O)O)[C@@H]1CC(C)(C)CCC)c1cccnc1. The lowest BCUT2D eigenvalue weighted by atomic mass is 9.76. The molecule has 3 heterocycles. The molecule has 0 radical (unpaired) electrons. The first kappa shape index (κ1) is 29.6. The number of anilines is 1. The summed E-state index contributed by atoms with van der Waals surface area (Å²) in [6.07, 6.45) is 7.87. The number of benzene rings is 1. The van der Waals surface area contributed by atoms with Crippen LogP contribution in [0.1, 0.15) is 71.3 Å². The fourth-order valence-electron chi connectivity index (χ4n) is 6.28. The number of carbonyl (C=O) groups is 2. The van der Waals surface area contributed by atoms with Crippen molar-refractivity contribution in [2.45, 2.75) is 71.8 Å². The highest BCUT2D eigenvalue weighted by atomic mass is 16.7. The van der Waals surface area contributed by atoms with Crippen LogP contribution in [-0.2, 0) is 9.59 Å². The Morgan fingerprint density at radius 1 is 1.23 bits per heavy atom. The number of ether oxygens (including phenoxy) is 3. The molecule has 2 aliphatic heterocycles. The molecule has 1 aromatic carbocycles. The van der Waals surface area contributed by atoms with Crippen molar-refractivity contribution in [3.8, 4) is 17.2 Å². The molecule has 1 aromatic heterocycles. The first-order valence-corrected chi connectivity index (χ1v) is 14.3. The lowest BCUT2D eigenvalue weighted by Gasteiger charge is -2.35. The number of rotatable bonds is 13. The molecule has 1 fully saturated rings. The van der Waals surface area contributed by atoms with Crippen LogP contribution in [0, 0.1) is 11.3 Å². The number of amides is 1. The number of pyridine rings is 1. The third-order valence-corrected chi connectivity index (χ3v) is 8.16. The molecule has 1 N–H and O–H groups in total. The van der Waals surface area contributed by atoms with Crippen LogP contribution in [0.4, 0.5) is 5.69 Å². The second-order valence-corrected chi connectivity index (χ2v) is 11.7. The minimum absolute atomic E-state index is 0.0483. The summed E-state index contributed by atoms with van der Waals surface area (Å²) in [7, 11) is 1.56. The summed E-state index contributed by atoms with van der Waals surface area (Å²) in [4.78, 5) is 34.9. The fourth-order valence-corrected chi connectivity index (χ4v) is 6.28. The van der Waals surface area contributed by atoms with Gasteiger partial charge in [0.1, 0.15) is 0 Å². The zero-order valence-corrected chi connectivity index (χ0v) is 24.4. The van der Waals surface area contributed by atoms with Crippen molar-refractivity contribution in [2.24, 2.45) is 11.3 Å². The maximum atomic E-state index is 13.9. The number of carbonyl (C=O) groups excluding carboxylic acids is 1. The quantitative estimate of drug-likeness (QED) is 0.355. The average Bonchev–Trinajstić information content (AvgIpc) is 3.53. The van der Waals surface area contributed by atoms with Gasteiger partial charge in [0.2, 0.25) is 18.4 Å². The van der Waals surface area contributed by atoms with Crippen LogP contribution in [0.2, 0.25) is 0 Å². The molecule has 218 valence electrons. The van der Waals surface area contributed by atoms with Gasteiger partial charge < -0.3 is 24.2 Å². The minimum atomic E-state index is -0.857. The van der Waals surface area contributed by atoms with Crippen LogP contribution in [-0.4, -0.2) is 66.4 Å². The molecule has 9 nitrogen and oxygen atoms in total. The molecule has 0 unspecified atom stereocenters. The molecule has 1 amide bonds. The van der Waals surface area contributed by atoms with Crippen LogP contribution in [0.25, 0.3) is 0 Å². The third-order valence-electron chi connectivity index (χ3n) is 8.16. The topological polar surface area (TPSA) is 101 Å². The Labute approximate surface area is 237 Å². The second kappa shape index (κ2) is 12.9. The number of hydrogen-bond donors (Lipinski definition) is 1. The van der Waals surface area contributed by atoms with Crippen LogP contribution in [0.3, 0.4) is 0 Å². The van der Waals surface area contributed by atoms with Crippen molar-refractivity contribution in [1.29, 1.82) is 0 Å². The van der Waals surface area contributed by atoms with E-state index in [1.807, 2.05) is 24.3 Å². The van der Waals surface area contributed by atoms with Gasteiger partial charge in [-0.2, -0.15) is 0 Å². The lowest BCUT2D eigenvalue weighted by Crippen LogP contribution is -2.46. The number of nitrogens with zero attached hydrogens (tertiary/aromatic N) is 3. The highest BCUT2D eigenvalue weighted by Crippen LogP contribution is 2.48. The summed E-state index contributed by atoms with van der Waals surface area (Å²) in [5.74, 6) is -0.342. The van der Waals surface area contributed by atoms with E-state index >= 15 is 0 Å². The predicted octanol–water partition coefficient (Wildman–Crippen LogP) is 5.34. The van der Waals surface area contributed by atoms with Gasteiger partial charge in [-0.15, -0.1) is 0 Å². The zero-order valence-electron chi connectivity index (χ0n) is 24.4. The number of fused-ring (bicyclic) bond motifs is 1. The van der Waals surface area contributed by atoms with Crippen molar-refractivity contribution >= 4 is 17.6 Å². The summed E-state index contributed by atoms with van der Waals surface area (Å²) in [5.41, 5.74) is 1.49. The molecule has 0 bridgehead atoms. The first-order valence-electron chi connectivity index (χ1n) is 14.3. The van der Waals surface area contributed by atoms with Crippen molar-refractivity contribution in [3.63, 3.8) is 0 Å². The summed E-state index contributed by atoms with van der Waals surface area (Å²) in [6.45, 7) is 9.88. The molecule has 4 rings (SSSR count). The second-order valence-electron chi connectivity index (χ2n) is 11.7. The third kappa shape index (κ3) is 6.52. The molecule has 2 aliphatic rings. The van der Waals surface area contributed by atoms with Gasteiger partial charge >= 0.3 is 5.97 Å². The molecule has 1 saturated heterocycles. The van der Waals surface area contributed by atoms with Crippen LogP contribution < -0.4 is 19.1 Å². The number of unbranched alkanes of at least 4 members (excludes halogenated alkanes) is 1. The van der Waals surface area contributed by atoms with E-state index in [1.165, 1.54) is 0 Å². The number of aromatic nitrogens is 1. The number of hydrogen-bond acceptors (Lipinski definition) is 7. The van der Waals surface area contributed by atoms with Gasteiger partial charge in [-0.1, -0.05) is 40.5 Å². The van der Waals surface area contributed by atoms with Crippen LogP contribution >= 0.6 is 0 Å². The van der Waals surface area contributed by atoms with Gasteiger partial charge in [0.25, 0.3) is 0 Å². The Morgan fingerprint density at radius 3 is 2.67 bits per heavy atom. The lowest BCUT2D eigenvalue weighted by molar-refractivity contribution is -0.143. The Morgan fingerprint density at radius 2 is 2.02 bits per heavy atom. The van der Waals surface area contributed by atoms with E-state index in [2.05, 4.69) is 37.6 Å². The fraction of sp³-hybridized carbons (Fsp3) is 0.581. The smallest absolute Gasteiger partial charge is 0.308 e. The van der Waals surface area contributed by atoms with E-state index in [9.17, 15) is 14.7 Å². The molecule has 3 atom stereocenters. The summed E-state index contributed by atoms with van der Waals surface area (Å²) in [6, 6.07) is 7.14. The summed E-state index contributed by atoms with van der Waals surface area (Å²) in [5, 5.41) is 10.6. The van der Waals surface area contributed by atoms with Gasteiger partial charge in [0.15, 0.2) is 11.5 Å². The van der Waals surface area contributed by atoms with Crippen LogP contribution in [0.5, 0.6) is 17.2 Å². The Kier molecular flexibility index (Phi) is 9.56. The van der Waals surface area contributed by atoms with E-state index in [4.69, 9.17) is 14.2 Å². The molecule has 0 aliphatic carbocycles. The van der Waals surface area contributed by atoms with Gasteiger partial charge in [-0.3, -0.25) is 19.5 Å². The van der Waals surface area contributed by atoms with Crippen molar-refractivity contribution in [3.05, 3.63) is 42.2 Å². The van der Waals surface area contributed by atoms with Gasteiger partial charge in [0, 0.05) is 31.2 Å². The van der Waals surface area contributed by atoms with Gasteiger partial charge in [-0.05, 0) is 54.5 Å². The Bertz CT molecular complexity index is 1170. The Hall–Kier alpha value is -3.33. The normalized spacial score (nSPS) is 20.5. The number of aliphatic carboxylic acids is 1. The number of carboxylic acids is 1. The molecular weight excluding hydrogens is 510 g/mol. The van der Waals surface area contributed by atoms with Crippen molar-refractivity contribution < 1.29 is 28.9 Å². The molecule has 0 spiro atoms. The van der Waals surface area contributed by atoms with E-state index in [0.717, 1.165) is 36.9 Å². The average molecular weight is 554 g/mol. The molecular formula is C31H43N3O6. The molecule has 40 heavy (non-hydrogen) atoms. The number of methoxy groups -OCH3 is 1. The predicted molar refractivity (Wildman–Crippen MR) is 153 cm³/mol. The largest absolute Gasteiger partial charge is 0.493 e. The molecule has 2 aromatic rings. The van der Waals surface area contributed by atoms with Crippen molar-refractivity contribution in [1.82, 2.24) is 9.88 Å². The monoisotopic (exact) mass is 553 g/mol. The standard InChI is InChI=1S/C31H43N3O6/c1-6-8-13-34(22-10-9-12-32-17-22)27(35)19-33-18-23(21-14-25(38-5)29-26(15-21)39-20-40-29)28(30(36)37)24(33)16-31(3,4)11-7-2/h9-10,12,14-15,17,23-24,28H,6-8,11,13,16,18-20H2,1-5H3,(H,36,37)/t23-,24+,28-/m1/s1. The van der Waals surface area contributed by atoms with Crippen LogP contribution in [0.15, 0.2) is 36.7 Å². The summed E-state index contributed by atoms with van der Waals surface area (Å²) < 4.78 is 16.8. The zero-order chi connectivity index (χ0) is 28.9. The van der Waals surface area contributed by atoms with E-state index in [0.29, 0.717) is 36.8 Å². The Balaban J connectivity index is 1.70. The number of likely N-dealkylation sites (tertiary alicyclic amines) is 1. The van der Waals surface area contributed by atoms with E-state index < -0.39 is 11.9 Å². The molecule has 0 saturated carbocycles. The number of carboxylic acid groups (broad SMARTS) is 1. The van der Waals surface area contributed by atoms with Gasteiger partial charge in [-0.25, -0.2) is 0 Å². The maximum Gasteiger partial charge on any atom is 0.308 e. The highest BCUT2D eigenvalue weighted by molar-refractivity contribution is 5.94. The maximum absolute atomic E-state index is 13.9. The van der Waals surface area contributed by atoms with E-state index in [-0.39, 0.29) is 36.6 Å². The van der Waals surface area contributed by atoms with Gasteiger partial charge in [0.05, 0.1) is 31.5 Å². The highest BCUT2D eigenvalue weighted by Gasteiger charge is 2.49.